The number of aryl methyl sites for hydroxylation is 1. The van der Waals surface area contributed by atoms with Crippen molar-refractivity contribution in [3.8, 4) is 11.4 Å². The van der Waals surface area contributed by atoms with Crippen molar-refractivity contribution in [2.75, 3.05) is 18.5 Å². The summed E-state index contributed by atoms with van der Waals surface area (Å²) in [5, 5.41) is 3.46. The first kappa shape index (κ1) is 19.0. The fourth-order valence-electron chi connectivity index (χ4n) is 3.35. The summed E-state index contributed by atoms with van der Waals surface area (Å²) in [7, 11) is 0. The summed E-state index contributed by atoms with van der Waals surface area (Å²) in [6.07, 6.45) is 5.73. The summed E-state index contributed by atoms with van der Waals surface area (Å²) in [4.78, 5) is 9.16. The van der Waals surface area contributed by atoms with Gasteiger partial charge in [0.05, 0.1) is 18.5 Å². The number of imidazole rings is 1. The van der Waals surface area contributed by atoms with E-state index in [9.17, 15) is 0 Å². The van der Waals surface area contributed by atoms with Gasteiger partial charge in [-0.2, -0.15) is 0 Å². The van der Waals surface area contributed by atoms with Crippen LogP contribution in [0.25, 0.3) is 16.9 Å². The standard InChI is InChI=1S/C24H26N4O/c1-3-18-5-7-19(8-6-18)13-14-25-20-15-23-24(26-16-20)28(17-27-23)21-9-11-22(12-10-21)29-4-2/h5-12,15-17,25H,3-4,13-14H2,1-2H3. The molecule has 2 aromatic heterocycles. The Balaban J connectivity index is 1.43. The topological polar surface area (TPSA) is 52.0 Å². The third-order valence-corrected chi connectivity index (χ3v) is 4.99. The molecule has 0 saturated carbocycles. The van der Waals surface area contributed by atoms with Crippen LogP contribution in [0.15, 0.2) is 67.1 Å². The summed E-state index contributed by atoms with van der Waals surface area (Å²) >= 11 is 0. The van der Waals surface area contributed by atoms with Crippen LogP contribution in [0.5, 0.6) is 5.75 Å². The van der Waals surface area contributed by atoms with Crippen molar-refractivity contribution < 1.29 is 4.74 Å². The lowest BCUT2D eigenvalue weighted by Gasteiger charge is -2.08. The first-order chi connectivity index (χ1) is 14.3. The van der Waals surface area contributed by atoms with Crippen molar-refractivity contribution in [3.63, 3.8) is 0 Å². The van der Waals surface area contributed by atoms with E-state index in [1.54, 1.807) is 0 Å². The van der Waals surface area contributed by atoms with Gasteiger partial charge < -0.3 is 10.1 Å². The minimum Gasteiger partial charge on any atom is -0.494 e. The molecule has 4 rings (SSSR count). The third-order valence-electron chi connectivity index (χ3n) is 4.99. The maximum absolute atomic E-state index is 5.51. The average Bonchev–Trinajstić information content (AvgIpc) is 3.18. The molecule has 0 amide bonds. The fraction of sp³-hybridized carbons (Fsp3) is 0.250. The highest BCUT2D eigenvalue weighted by molar-refractivity contribution is 5.76. The van der Waals surface area contributed by atoms with Gasteiger partial charge in [-0.1, -0.05) is 31.2 Å². The van der Waals surface area contributed by atoms with Crippen molar-refractivity contribution >= 4 is 16.9 Å². The molecule has 5 heteroatoms. The Morgan fingerprint density at radius 1 is 0.931 bits per heavy atom. The van der Waals surface area contributed by atoms with E-state index in [0.717, 1.165) is 47.7 Å². The molecule has 0 bridgehead atoms. The van der Waals surface area contributed by atoms with E-state index in [2.05, 4.69) is 46.5 Å². The van der Waals surface area contributed by atoms with E-state index in [1.165, 1.54) is 11.1 Å². The minimum atomic E-state index is 0.661. The Hall–Kier alpha value is -3.34. The molecule has 0 spiro atoms. The number of pyridine rings is 1. The maximum Gasteiger partial charge on any atom is 0.164 e. The van der Waals surface area contributed by atoms with Crippen molar-refractivity contribution in [2.45, 2.75) is 26.7 Å². The molecule has 0 saturated heterocycles. The molecule has 0 aliphatic rings. The number of aromatic nitrogens is 3. The van der Waals surface area contributed by atoms with E-state index >= 15 is 0 Å². The molecule has 0 aliphatic heterocycles. The molecule has 4 aromatic rings. The summed E-state index contributed by atoms with van der Waals surface area (Å²) in [5.41, 5.74) is 6.42. The number of hydrogen-bond acceptors (Lipinski definition) is 4. The molecular formula is C24H26N4O. The van der Waals surface area contributed by atoms with Crippen LogP contribution in [-0.4, -0.2) is 27.7 Å². The van der Waals surface area contributed by atoms with E-state index < -0.39 is 0 Å². The van der Waals surface area contributed by atoms with Crippen LogP contribution in [0, 0.1) is 0 Å². The second-order valence-corrected chi connectivity index (χ2v) is 6.96. The number of anilines is 1. The van der Waals surface area contributed by atoms with Crippen LogP contribution < -0.4 is 10.1 Å². The molecule has 0 atom stereocenters. The van der Waals surface area contributed by atoms with Gasteiger partial charge in [0.1, 0.15) is 17.6 Å². The lowest BCUT2D eigenvalue weighted by molar-refractivity contribution is 0.340. The molecule has 148 valence electrons. The Kier molecular flexibility index (Phi) is 5.75. The van der Waals surface area contributed by atoms with Gasteiger partial charge in [-0.25, -0.2) is 9.97 Å². The molecule has 0 fully saturated rings. The van der Waals surface area contributed by atoms with Gasteiger partial charge in [-0.05, 0) is 61.2 Å². The quantitative estimate of drug-likeness (QED) is 0.461. The predicted molar refractivity (Wildman–Crippen MR) is 118 cm³/mol. The van der Waals surface area contributed by atoms with Crippen LogP contribution in [0.4, 0.5) is 5.69 Å². The van der Waals surface area contributed by atoms with Crippen molar-refractivity contribution in [3.05, 3.63) is 78.2 Å². The maximum atomic E-state index is 5.51. The smallest absolute Gasteiger partial charge is 0.164 e. The van der Waals surface area contributed by atoms with E-state index in [1.807, 2.05) is 54.3 Å². The minimum absolute atomic E-state index is 0.661. The van der Waals surface area contributed by atoms with Crippen LogP contribution in [0.3, 0.4) is 0 Å². The van der Waals surface area contributed by atoms with Gasteiger partial charge in [0.15, 0.2) is 5.65 Å². The fourth-order valence-corrected chi connectivity index (χ4v) is 3.35. The Labute approximate surface area is 171 Å². The van der Waals surface area contributed by atoms with E-state index in [4.69, 9.17) is 4.74 Å². The van der Waals surface area contributed by atoms with Crippen LogP contribution in [-0.2, 0) is 12.8 Å². The van der Waals surface area contributed by atoms with Gasteiger partial charge in [0.2, 0.25) is 0 Å². The predicted octanol–water partition coefficient (Wildman–Crippen LogP) is 5.04. The molecule has 1 N–H and O–H groups in total. The summed E-state index contributed by atoms with van der Waals surface area (Å²) in [5.74, 6) is 0.865. The largest absolute Gasteiger partial charge is 0.494 e. The van der Waals surface area contributed by atoms with Crippen molar-refractivity contribution in [1.82, 2.24) is 14.5 Å². The highest BCUT2D eigenvalue weighted by Crippen LogP contribution is 2.21. The Morgan fingerprint density at radius 2 is 1.69 bits per heavy atom. The van der Waals surface area contributed by atoms with Gasteiger partial charge in [0, 0.05) is 12.2 Å². The summed E-state index contributed by atoms with van der Waals surface area (Å²) < 4.78 is 7.50. The third kappa shape index (κ3) is 4.40. The molecule has 0 aliphatic carbocycles. The molecular weight excluding hydrogens is 360 g/mol. The van der Waals surface area contributed by atoms with E-state index in [0.29, 0.717) is 6.61 Å². The van der Waals surface area contributed by atoms with Gasteiger partial charge in [-0.3, -0.25) is 4.57 Å². The van der Waals surface area contributed by atoms with Crippen LogP contribution in [0.1, 0.15) is 25.0 Å². The summed E-state index contributed by atoms with van der Waals surface area (Å²) in [6.45, 7) is 5.68. The van der Waals surface area contributed by atoms with Crippen LogP contribution in [0.2, 0.25) is 0 Å². The number of nitrogens with one attached hydrogen (secondary N) is 1. The van der Waals surface area contributed by atoms with Crippen molar-refractivity contribution in [2.24, 2.45) is 0 Å². The first-order valence-corrected chi connectivity index (χ1v) is 10.1. The number of benzene rings is 2. The second kappa shape index (κ2) is 8.78. The molecule has 2 aromatic carbocycles. The molecule has 5 nitrogen and oxygen atoms in total. The molecule has 0 unspecified atom stereocenters. The zero-order valence-electron chi connectivity index (χ0n) is 16.9. The van der Waals surface area contributed by atoms with Gasteiger partial charge in [-0.15, -0.1) is 0 Å². The number of hydrogen-bond donors (Lipinski definition) is 1. The first-order valence-electron chi connectivity index (χ1n) is 10.1. The highest BCUT2D eigenvalue weighted by Gasteiger charge is 2.07. The SMILES string of the molecule is CCOc1ccc(-n2cnc3cc(NCCc4ccc(CC)cc4)cnc32)cc1. The zero-order valence-corrected chi connectivity index (χ0v) is 16.9. The van der Waals surface area contributed by atoms with Gasteiger partial charge in [0.25, 0.3) is 0 Å². The second-order valence-electron chi connectivity index (χ2n) is 6.96. The van der Waals surface area contributed by atoms with Crippen molar-refractivity contribution in [1.29, 1.82) is 0 Å². The molecule has 29 heavy (non-hydrogen) atoms. The van der Waals surface area contributed by atoms with Gasteiger partial charge >= 0.3 is 0 Å². The number of nitrogens with zero attached hydrogens (tertiary/aromatic N) is 3. The summed E-state index contributed by atoms with van der Waals surface area (Å²) in [6, 6.07) is 18.8. The molecule has 0 radical (unpaired) electrons. The average molecular weight is 386 g/mol. The normalized spacial score (nSPS) is 11.0. The van der Waals surface area contributed by atoms with Crippen LogP contribution >= 0.6 is 0 Å². The zero-order chi connectivity index (χ0) is 20.1. The lowest BCUT2D eigenvalue weighted by Crippen LogP contribution is -2.05. The monoisotopic (exact) mass is 386 g/mol. The number of ether oxygens (including phenoxy) is 1. The number of fused-ring (bicyclic) bond motifs is 1. The Morgan fingerprint density at radius 3 is 2.41 bits per heavy atom. The Bertz CT molecular complexity index is 1070. The number of rotatable bonds is 8. The highest BCUT2D eigenvalue weighted by atomic mass is 16.5. The molecule has 2 heterocycles. The lowest BCUT2D eigenvalue weighted by atomic mass is 10.1. The van der Waals surface area contributed by atoms with E-state index in [-0.39, 0.29) is 0 Å².